The van der Waals surface area contributed by atoms with Crippen LogP contribution in [0.25, 0.3) is 5.65 Å². The van der Waals surface area contributed by atoms with Crippen LogP contribution in [0.15, 0.2) is 17.1 Å². The molecule has 1 aliphatic carbocycles. The number of aromatic nitrogens is 3. The van der Waals surface area contributed by atoms with Crippen molar-refractivity contribution in [1.82, 2.24) is 19.9 Å². The maximum absolute atomic E-state index is 12.1. The summed E-state index contributed by atoms with van der Waals surface area (Å²) in [5.41, 5.74) is 1.27. The zero-order valence-electron chi connectivity index (χ0n) is 13.8. The molecule has 1 fully saturated rings. The first-order valence-corrected chi connectivity index (χ1v) is 7.82. The smallest absolute Gasteiger partial charge is 0.408 e. The summed E-state index contributed by atoms with van der Waals surface area (Å²) in [5.74, 6) is 0.361. The molecule has 7 nitrogen and oxygen atoms in total. The second kappa shape index (κ2) is 5.40. The lowest BCUT2D eigenvalue weighted by Crippen LogP contribution is -2.36. The summed E-state index contributed by atoms with van der Waals surface area (Å²) in [7, 11) is 0. The summed E-state index contributed by atoms with van der Waals surface area (Å²) in [6, 6.07) is 1.61. The number of hydrogen-bond donors (Lipinski definition) is 2. The number of rotatable bonds is 3. The van der Waals surface area contributed by atoms with E-state index in [1.165, 1.54) is 0 Å². The van der Waals surface area contributed by atoms with Crippen molar-refractivity contribution in [2.45, 2.75) is 52.2 Å². The topological polar surface area (TPSA) is 88.5 Å². The minimum atomic E-state index is -0.542. The fourth-order valence-corrected chi connectivity index (χ4v) is 2.51. The second-order valence-electron chi connectivity index (χ2n) is 7.13. The summed E-state index contributed by atoms with van der Waals surface area (Å²) in [4.78, 5) is 26.6. The lowest BCUT2D eigenvalue weighted by molar-refractivity contribution is 0.0495. The van der Waals surface area contributed by atoms with Crippen LogP contribution in [0, 0.1) is 12.8 Å². The molecule has 1 aliphatic rings. The highest BCUT2D eigenvalue weighted by Gasteiger charge is 2.36. The van der Waals surface area contributed by atoms with Crippen molar-refractivity contribution in [2.24, 2.45) is 5.92 Å². The molecule has 2 heterocycles. The van der Waals surface area contributed by atoms with E-state index in [4.69, 9.17) is 4.74 Å². The van der Waals surface area contributed by atoms with Crippen LogP contribution in [0.5, 0.6) is 0 Å². The summed E-state index contributed by atoms with van der Waals surface area (Å²) < 4.78 is 6.97. The zero-order valence-corrected chi connectivity index (χ0v) is 13.8. The number of fused-ring (bicyclic) bond motifs is 1. The summed E-state index contributed by atoms with van der Waals surface area (Å²) >= 11 is 0. The third-order valence-electron chi connectivity index (χ3n) is 3.75. The van der Waals surface area contributed by atoms with Crippen molar-refractivity contribution in [3.05, 3.63) is 33.9 Å². The average molecular weight is 318 g/mol. The lowest BCUT2D eigenvalue weighted by atomic mass is 10.1. The molecule has 2 N–H and O–H groups in total. The van der Waals surface area contributed by atoms with E-state index in [2.05, 4.69) is 15.4 Å². The van der Waals surface area contributed by atoms with E-state index in [9.17, 15) is 9.59 Å². The van der Waals surface area contributed by atoms with Crippen LogP contribution >= 0.6 is 0 Å². The molecule has 1 atom stereocenters. The van der Waals surface area contributed by atoms with Gasteiger partial charge in [0, 0.05) is 17.8 Å². The number of nitrogens with one attached hydrogen (secondary N) is 2. The Morgan fingerprint density at radius 2 is 2.17 bits per heavy atom. The van der Waals surface area contributed by atoms with Gasteiger partial charge in [-0.25, -0.2) is 9.31 Å². The van der Waals surface area contributed by atoms with Gasteiger partial charge in [0.2, 0.25) is 0 Å². The van der Waals surface area contributed by atoms with Gasteiger partial charge >= 0.3 is 6.09 Å². The Bertz CT molecular complexity index is 796. The molecule has 0 radical (unpaired) electrons. The highest BCUT2D eigenvalue weighted by molar-refractivity contribution is 5.68. The lowest BCUT2D eigenvalue weighted by Gasteiger charge is -2.22. The fourth-order valence-electron chi connectivity index (χ4n) is 2.51. The van der Waals surface area contributed by atoms with Gasteiger partial charge in [-0.05, 0) is 46.5 Å². The fraction of sp³-hybridized carbons (Fsp3) is 0.562. The average Bonchev–Trinajstić information content (AvgIpc) is 3.16. The molecule has 0 saturated heterocycles. The van der Waals surface area contributed by atoms with Gasteiger partial charge in [0.1, 0.15) is 11.2 Å². The molecule has 2 aromatic rings. The third-order valence-corrected chi connectivity index (χ3v) is 3.75. The molecule has 0 spiro atoms. The Morgan fingerprint density at radius 3 is 2.78 bits per heavy atom. The number of H-pyrrole nitrogens is 1. The van der Waals surface area contributed by atoms with Crippen molar-refractivity contribution >= 4 is 11.7 Å². The Hall–Kier alpha value is -2.31. The van der Waals surface area contributed by atoms with Crippen LogP contribution < -0.4 is 10.9 Å². The molecule has 3 rings (SSSR count). The van der Waals surface area contributed by atoms with Gasteiger partial charge in [-0.15, -0.1) is 0 Å². The zero-order chi connectivity index (χ0) is 16.8. The maximum atomic E-state index is 12.1. The van der Waals surface area contributed by atoms with Gasteiger partial charge in [0.15, 0.2) is 0 Å². The molecule has 2 aromatic heterocycles. The van der Waals surface area contributed by atoms with E-state index in [1.54, 1.807) is 23.7 Å². The van der Waals surface area contributed by atoms with Gasteiger partial charge in [-0.1, -0.05) is 0 Å². The Balaban J connectivity index is 1.87. The van der Waals surface area contributed by atoms with Crippen molar-refractivity contribution in [2.75, 3.05) is 0 Å². The molecule has 1 saturated carbocycles. The van der Waals surface area contributed by atoms with E-state index >= 15 is 0 Å². The van der Waals surface area contributed by atoms with E-state index < -0.39 is 11.7 Å². The van der Waals surface area contributed by atoms with Crippen LogP contribution in [0.2, 0.25) is 0 Å². The molecule has 0 bridgehead atoms. The Labute approximate surface area is 134 Å². The Morgan fingerprint density at radius 1 is 1.48 bits per heavy atom. The van der Waals surface area contributed by atoms with Gasteiger partial charge in [0.25, 0.3) is 5.56 Å². The van der Waals surface area contributed by atoms with Gasteiger partial charge < -0.3 is 15.0 Å². The Kier molecular flexibility index (Phi) is 3.66. The quantitative estimate of drug-likeness (QED) is 0.909. The number of hydrogen-bond acceptors (Lipinski definition) is 4. The molecule has 0 aromatic carbocycles. The van der Waals surface area contributed by atoms with E-state index in [-0.39, 0.29) is 11.6 Å². The summed E-state index contributed by atoms with van der Waals surface area (Å²) in [6.07, 6.45) is 3.33. The number of carbonyl (C=O) groups excluding carboxylic acids is 1. The number of alkyl carbamates (subject to hydrolysis) is 1. The molecule has 124 valence electrons. The van der Waals surface area contributed by atoms with Gasteiger partial charge in [-0.2, -0.15) is 5.10 Å². The van der Waals surface area contributed by atoms with Crippen molar-refractivity contribution in [3.8, 4) is 0 Å². The summed E-state index contributed by atoms with van der Waals surface area (Å²) in [6.45, 7) is 7.22. The minimum Gasteiger partial charge on any atom is -0.444 e. The van der Waals surface area contributed by atoms with Crippen LogP contribution in [0.4, 0.5) is 4.79 Å². The maximum Gasteiger partial charge on any atom is 0.408 e. The molecule has 0 aliphatic heterocycles. The minimum absolute atomic E-state index is 0.132. The number of nitrogens with zero attached hydrogens (tertiary/aromatic N) is 2. The normalized spacial score (nSPS) is 16.3. The first-order valence-electron chi connectivity index (χ1n) is 7.82. The van der Waals surface area contributed by atoms with Crippen LogP contribution in [-0.4, -0.2) is 26.3 Å². The largest absolute Gasteiger partial charge is 0.444 e. The molecular formula is C16H22N4O3. The number of ether oxygens (including phenoxy) is 1. The van der Waals surface area contributed by atoms with Crippen molar-refractivity contribution in [3.63, 3.8) is 0 Å². The second-order valence-corrected chi connectivity index (χ2v) is 7.13. The number of amides is 1. The molecule has 1 amide bonds. The molecule has 23 heavy (non-hydrogen) atoms. The first-order chi connectivity index (χ1) is 10.7. The van der Waals surface area contributed by atoms with Gasteiger partial charge in [0.05, 0.1) is 11.7 Å². The van der Waals surface area contributed by atoms with Crippen LogP contribution in [-0.2, 0) is 4.74 Å². The van der Waals surface area contributed by atoms with E-state index in [1.807, 2.05) is 20.8 Å². The first kappa shape index (κ1) is 15.6. The molecule has 7 heteroatoms. The number of aryl methyl sites for hydroxylation is 1. The van der Waals surface area contributed by atoms with E-state index in [0.717, 1.165) is 18.5 Å². The van der Waals surface area contributed by atoms with Crippen molar-refractivity contribution < 1.29 is 9.53 Å². The molecule has 0 unspecified atom stereocenters. The van der Waals surface area contributed by atoms with Crippen LogP contribution in [0.1, 0.15) is 50.9 Å². The van der Waals surface area contributed by atoms with Crippen LogP contribution in [0.3, 0.4) is 0 Å². The molecular weight excluding hydrogens is 296 g/mol. The number of aromatic amines is 1. The van der Waals surface area contributed by atoms with E-state index in [0.29, 0.717) is 17.1 Å². The highest BCUT2D eigenvalue weighted by Crippen LogP contribution is 2.40. The predicted molar refractivity (Wildman–Crippen MR) is 85.4 cm³/mol. The van der Waals surface area contributed by atoms with Crippen molar-refractivity contribution in [1.29, 1.82) is 0 Å². The number of carbonyl (C=O) groups is 1. The third kappa shape index (κ3) is 3.55. The summed E-state index contributed by atoms with van der Waals surface area (Å²) in [5, 5.41) is 7.42. The predicted octanol–water partition coefficient (Wildman–Crippen LogP) is 2.31. The standard InChI is InChI=1S/C16H22N4O3/c1-9-8-20-12(17-14(9)21)7-11(19-20)13(10-5-6-10)18-15(22)23-16(2,3)4/h7-8,10,13H,5-6H2,1-4H3,(H,17,21)(H,18,22)/t13-/m0/s1. The SMILES string of the molecule is Cc1cn2nc([C@@H](NC(=O)OC(C)(C)C)C3CC3)cc2[nH]c1=O. The monoisotopic (exact) mass is 318 g/mol. The highest BCUT2D eigenvalue weighted by atomic mass is 16.6. The van der Waals surface area contributed by atoms with Gasteiger partial charge in [-0.3, -0.25) is 4.79 Å².